The van der Waals surface area contributed by atoms with Crippen molar-refractivity contribution in [3.05, 3.63) is 89.0 Å². The fourth-order valence-corrected chi connectivity index (χ4v) is 3.57. The zero-order valence-electron chi connectivity index (χ0n) is 18.9. The third-order valence-corrected chi connectivity index (χ3v) is 5.45. The number of nitrogens with zero attached hydrogens (tertiary/aromatic N) is 1. The number of aliphatic carboxylic acids is 1. The van der Waals surface area contributed by atoms with E-state index in [0.717, 1.165) is 5.56 Å². The molecular weight excluding hydrogens is 475 g/mol. The smallest absolute Gasteiger partial charge is 0.344 e. The van der Waals surface area contributed by atoms with Crippen LogP contribution in [0.4, 0.5) is 4.39 Å². The van der Waals surface area contributed by atoms with Crippen molar-refractivity contribution in [1.82, 2.24) is 10.3 Å². The van der Waals surface area contributed by atoms with Gasteiger partial charge in [0, 0.05) is 11.6 Å². The minimum atomic E-state index is -1.02. The van der Waals surface area contributed by atoms with E-state index in [1.807, 2.05) is 18.2 Å². The molecule has 7 nitrogen and oxygen atoms in total. The maximum atomic E-state index is 13.3. The standard InChI is InChI=1S/C26H24ClFN2O5/c1-16(26(31)32)33-21-4-2-3-17(13-21)11-12-29-15-24(34-20-8-6-19(28)7-9-20)25-30-22-14-18(27)5-10-23(22)35-25/h2-10,13-14,16,24,29H,11-12,15H2,1H3,(H,31,32). The number of halogens is 2. The van der Waals surface area contributed by atoms with Crippen LogP contribution in [0.25, 0.3) is 11.1 Å². The predicted molar refractivity (Wildman–Crippen MR) is 130 cm³/mol. The SMILES string of the molecule is CC(Oc1cccc(CCNCC(Oc2ccc(F)cc2)c2nc3cc(Cl)ccc3o2)c1)C(=O)O. The second-order valence-corrected chi connectivity index (χ2v) is 8.36. The number of rotatable bonds is 11. The van der Waals surface area contributed by atoms with Gasteiger partial charge in [0.05, 0.1) is 0 Å². The molecule has 3 aromatic carbocycles. The minimum Gasteiger partial charge on any atom is -0.479 e. The van der Waals surface area contributed by atoms with E-state index in [2.05, 4.69) is 10.3 Å². The molecule has 0 spiro atoms. The molecule has 0 aliphatic carbocycles. The summed E-state index contributed by atoms with van der Waals surface area (Å²) in [6.07, 6.45) is -0.831. The Hall–Kier alpha value is -3.62. The summed E-state index contributed by atoms with van der Waals surface area (Å²) in [6.45, 7) is 2.47. The van der Waals surface area contributed by atoms with Gasteiger partial charge in [-0.1, -0.05) is 23.7 Å². The molecule has 0 bridgehead atoms. The average Bonchev–Trinajstić information content (AvgIpc) is 3.25. The highest BCUT2D eigenvalue weighted by molar-refractivity contribution is 6.31. The first-order chi connectivity index (χ1) is 16.9. The lowest BCUT2D eigenvalue weighted by Crippen LogP contribution is -2.27. The van der Waals surface area contributed by atoms with Gasteiger partial charge in [0.1, 0.15) is 22.8 Å². The van der Waals surface area contributed by atoms with Crippen LogP contribution >= 0.6 is 11.6 Å². The first-order valence-corrected chi connectivity index (χ1v) is 11.4. The number of carbonyl (C=O) groups is 1. The molecule has 0 amide bonds. The van der Waals surface area contributed by atoms with E-state index in [4.69, 9.17) is 30.6 Å². The van der Waals surface area contributed by atoms with Crippen LogP contribution in [0, 0.1) is 5.82 Å². The average molecular weight is 499 g/mol. The van der Waals surface area contributed by atoms with E-state index < -0.39 is 18.2 Å². The molecule has 0 radical (unpaired) electrons. The molecule has 1 heterocycles. The minimum absolute atomic E-state index is 0.354. The van der Waals surface area contributed by atoms with Crippen LogP contribution in [0.1, 0.15) is 24.5 Å². The highest BCUT2D eigenvalue weighted by Crippen LogP contribution is 2.26. The molecule has 182 valence electrons. The van der Waals surface area contributed by atoms with Crippen LogP contribution in [-0.4, -0.2) is 35.3 Å². The highest BCUT2D eigenvalue weighted by Gasteiger charge is 2.21. The molecule has 0 saturated heterocycles. The number of fused-ring (bicyclic) bond motifs is 1. The fraction of sp³-hybridized carbons (Fsp3) is 0.231. The van der Waals surface area contributed by atoms with Gasteiger partial charge in [0.2, 0.25) is 5.89 Å². The topological polar surface area (TPSA) is 93.8 Å². The van der Waals surface area contributed by atoms with Gasteiger partial charge in [-0.2, -0.15) is 0 Å². The predicted octanol–water partition coefficient (Wildman–Crippen LogP) is 5.42. The third-order valence-electron chi connectivity index (χ3n) is 5.21. The number of carboxylic acids is 1. The molecule has 0 saturated carbocycles. The number of ether oxygens (including phenoxy) is 2. The van der Waals surface area contributed by atoms with Gasteiger partial charge in [-0.05, 0) is 80.1 Å². The van der Waals surface area contributed by atoms with Crippen molar-refractivity contribution in [1.29, 1.82) is 0 Å². The Labute approximate surface area is 206 Å². The normalized spacial score (nSPS) is 12.9. The first-order valence-electron chi connectivity index (χ1n) is 11.0. The van der Waals surface area contributed by atoms with Gasteiger partial charge >= 0.3 is 5.97 Å². The van der Waals surface area contributed by atoms with Gasteiger partial charge < -0.3 is 24.3 Å². The van der Waals surface area contributed by atoms with Gasteiger partial charge in [0.25, 0.3) is 0 Å². The Morgan fingerprint density at radius 2 is 1.91 bits per heavy atom. The lowest BCUT2D eigenvalue weighted by atomic mass is 10.1. The van der Waals surface area contributed by atoms with E-state index in [9.17, 15) is 9.18 Å². The monoisotopic (exact) mass is 498 g/mol. The van der Waals surface area contributed by atoms with Crippen molar-refractivity contribution < 1.29 is 28.2 Å². The Morgan fingerprint density at radius 3 is 2.69 bits per heavy atom. The number of oxazole rings is 1. The maximum Gasteiger partial charge on any atom is 0.344 e. The van der Waals surface area contributed by atoms with Crippen LogP contribution in [0.2, 0.25) is 5.02 Å². The molecule has 0 fully saturated rings. The zero-order valence-corrected chi connectivity index (χ0v) is 19.7. The molecule has 35 heavy (non-hydrogen) atoms. The van der Waals surface area contributed by atoms with Crippen molar-refractivity contribution in [3.8, 4) is 11.5 Å². The van der Waals surface area contributed by atoms with E-state index in [0.29, 0.717) is 53.0 Å². The summed E-state index contributed by atoms with van der Waals surface area (Å²) in [4.78, 5) is 15.5. The summed E-state index contributed by atoms with van der Waals surface area (Å²) in [5.41, 5.74) is 2.19. The Bertz CT molecular complexity index is 1290. The molecule has 0 aliphatic heterocycles. The van der Waals surface area contributed by atoms with Crippen LogP contribution in [0.3, 0.4) is 0 Å². The van der Waals surface area contributed by atoms with Crippen LogP contribution < -0.4 is 14.8 Å². The van der Waals surface area contributed by atoms with Crippen LogP contribution in [0.5, 0.6) is 11.5 Å². The van der Waals surface area contributed by atoms with Crippen LogP contribution in [0.15, 0.2) is 71.1 Å². The van der Waals surface area contributed by atoms with Crippen molar-refractivity contribution in [2.45, 2.75) is 25.6 Å². The molecule has 2 atom stereocenters. The lowest BCUT2D eigenvalue weighted by Gasteiger charge is -2.17. The number of nitrogens with one attached hydrogen (secondary N) is 1. The molecule has 4 rings (SSSR count). The highest BCUT2D eigenvalue weighted by atomic mass is 35.5. The lowest BCUT2D eigenvalue weighted by molar-refractivity contribution is -0.144. The fourth-order valence-electron chi connectivity index (χ4n) is 3.41. The van der Waals surface area contributed by atoms with Gasteiger partial charge in [0.15, 0.2) is 17.8 Å². The van der Waals surface area contributed by atoms with Gasteiger partial charge in [-0.15, -0.1) is 0 Å². The third kappa shape index (κ3) is 6.71. The van der Waals surface area contributed by atoms with E-state index >= 15 is 0 Å². The summed E-state index contributed by atoms with van der Waals surface area (Å²) in [7, 11) is 0. The summed E-state index contributed by atoms with van der Waals surface area (Å²) in [5.74, 6) is -0.0219. The number of benzene rings is 3. The summed E-state index contributed by atoms with van der Waals surface area (Å²) >= 11 is 6.07. The molecule has 2 N–H and O–H groups in total. The summed E-state index contributed by atoms with van der Waals surface area (Å²) < 4.78 is 30.7. The Kier molecular flexibility index (Phi) is 7.84. The van der Waals surface area contributed by atoms with E-state index in [1.54, 1.807) is 36.4 Å². The Morgan fingerprint density at radius 1 is 1.11 bits per heavy atom. The van der Waals surface area contributed by atoms with Crippen molar-refractivity contribution in [2.24, 2.45) is 0 Å². The summed E-state index contributed by atoms with van der Waals surface area (Å²) in [6, 6.07) is 18.2. The van der Waals surface area contributed by atoms with Gasteiger partial charge in [-0.25, -0.2) is 14.2 Å². The zero-order chi connectivity index (χ0) is 24.8. The van der Waals surface area contributed by atoms with E-state index in [-0.39, 0.29) is 5.82 Å². The largest absolute Gasteiger partial charge is 0.479 e. The number of hydrogen-bond acceptors (Lipinski definition) is 6. The maximum absolute atomic E-state index is 13.3. The molecule has 1 aromatic heterocycles. The van der Waals surface area contributed by atoms with Gasteiger partial charge in [-0.3, -0.25) is 0 Å². The quantitative estimate of drug-likeness (QED) is 0.266. The molecule has 4 aromatic rings. The molecule has 2 unspecified atom stereocenters. The van der Waals surface area contributed by atoms with Crippen molar-refractivity contribution >= 4 is 28.7 Å². The first kappa shape index (κ1) is 24.5. The van der Waals surface area contributed by atoms with Crippen molar-refractivity contribution in [3.63, 3.8) is 0 Å². The number of carboxylic acid groups (broad SMARTS) is 1. The molecular formula is C26H24ClFN2O5. The van der Waals surface area contributed by atoms with E-state index in [1.165, 1.54) is 19.1 Å². The number of hydrogen-bond donors (Lipinski definition) is 2. The second-order valence-electron chi connectivity index (χ2n) is 7.92. The second kappa shape index (κ2) is 11.2. The number of aromatic nitrogens is 1. The molecule has 9 heteroatoms. The Balaban J connectivity index is 1.41. The summed E-state index contributed by atoms with van der Waals surface area (Å²) in [5, 5.41) is 12.9. The van der Waals surface area contributed by atoms with Crippen molar-refractivity contribution in [2.75, 3.05) is 13.1 Å². The van der Waals surface area contributed by atoms with Crippen LogP contribution in [-0.2, 0) is 11.2 Å². The molecule has 0 aliphatic rings.